The second kappa shape index (κ2) is 9.23. The lowest BCUT2D eigenvalue weighted by Crippen LogP contribution is -2.32. The van der Waals surface area contributed by atoms with E-state index in [-0.39, 0.29) is 24.8 Å². The molecule has 144 valence electrons. The van der Waals surface area contributed by atoms with Gasteiger partial charge in [0.25, 0.3) is 5.91 Å². The van der Waals surface area contributed by atoms with E-state index in [9.17, 15) is 9.59 Å². The molecule has 0 fully saturated rings. The highest BCUT2D eigenvalue weighted by Crippen LogP contribution is 2.19. The number of ether oxygens (including phenoxy) is 1. The first-order chi connectivity index (χ1) is 13.5. The van der Waals surface area contributed by atoms with Crippen LogP contribution in [0.3, 0.4) is 0 Å². The molecule has 0 saturated heterocycles. The van der Waals surface area contributed by atoms with Gasteiger partial charge in [-0.3, -0.25) is 9.59 Å². The van der Waals surface area contributed by atoms with Crippen LogP contribution in [-0.4, -0.2) is 18.4 Å². The van der Waals surface area contributed by atoms with Gasteiger partial charge in [0.15, 0.2) is 5.76 Å². The Kier molecular flexibility index (Phi) is 6.49. The van der Waals surface area contributed by atoms with Crippen molar-refractivity contribution in [2.75, 3.05) is 11.9 Å². The molecule has 7 heteroatoms. The molecule has 1 heterocycles. The summed E-state index contributed by atoms with van der Waals surface area (Å²) in [6.07, 6.45) is 0. The number of hydrogen-bond donors (Lipinski definition) is 2. The molecule has 1 aromatic heterocycles. The van der Waals surface area contributed by atoms with Crippen molar-refractivity contribution >= 4 is 33.4 Å². The summed E-state index contributed by atoms with van der Waals surface area (Å²) in [5.74, 6) is 0.612. The van der Waals surface area contributed by atoms with Gasteiger partial charge in [-0.2, -0.15) is 0 Å². The lowest BCUT2D eigenvalue weighted by Gasteiger charge is -2.07. The van der Waals surface area contributed by atoms with Crippen LogP contribution in [-0.2, 0) is 11.4 Å². The van der Waals surface area contributed by atoms with Crippen LogP contribution >= 0.6 is 15.9 Å². The third kappa shape index (κ3) is 5.47. The molecule has 0 aliphatic carbocycles. The van der Waals surface area contributed by atoms with Crippen molar-refractivity contribution in [3.05, 3.63) is 82.2 Å². The first-order valence-corrected chi connectivity index (χ1v) is 9.41. The number of anilines is 1. The Bertz CT molecular complexity index is 967. The summed E-state index contributed by atoms with van der Waals surface area (Å²) >= 11 is 3.33. The molecule has 0 radical (unpaired) electrons. The summed E-state index contributed by atoms with van der Waals surface area (Å²) in [7, 11) is 0. The first-order valence-electron chi connectivity index (χ1n) is 8.62. The van der Waals surface area contributed by atoms with E-state index in [1.807, 2.05) is 43.3 Å². The van der Waals surface area contributed by atoms with Gasteiger partial charge in [-0.05, 0) is 55.0 Å². The largest absolute Gasteiger partial charge is 0.485 e. The van der Waals surface area contributed by atoms with Crippen LogP contribution < -0.4 is 15.4 Å². The molecule has 3 rings (SSSR count). The Morgan fingerprint density at radius 3 is 2.54 bits per heavy atom. The number of rotatable bonds is 7. The molecule has 0 saturated carbocycles. The highest BCUT2D eigenvalue weighted by Gasteiger charge is 2.13. The number of aryl methyl sites for hydroxylation is 1. The molecule has 28 heavy (non-hydrogen) atoms. The van der Waals surface area contributed by atoms with Crippen LogP contribution in [0.4, 0.5) is 5.69 Å². The Balaban J connectivity index is 1.47. The molecule has 2 amide bonds. The summed E-state index contributed by atoms with van der Waals surface area (Å²) in [6.45, 7) is 2.00. The standard InChI is InChI=1S/C21H19BrN2O4/c1-14-4-2-3-5-18(14)27-13-17-10-11-19(28-17)21(26)23-12-20(25)24-16-8-6-15(22)7-9-16/h2-11H,12-13H2,1H3,(H,23,26)(H,24,25). The Labute approximate surface area is 171 Å². The Hall–Kier alpha value is -3.06. The molecular formula is C21H19BrN2O4. The fourth-order valence-corrected chi connectivity index (χ4v) is 2.70. The maximum atomic E-state index is 12.2. The number of hydrogen-bond acceptors (Lipinski definition) is 4. The molecule has 0 spiro atoms. The van der Waals surface area contributed by atoms with Crippen LogP contribution in [0.5, 0.6) is 5.75 Å². The van der Waals surface area contributed by atoms with E-state index < -0.39 is 5.91 Å². The molecule has 2 N–H and O–H groups in total. The second-order valence-electron chi connectivity index (χ2n) is 6.06. The minimum Gasteiger partial charge on any atom is -0.485 e. The Morgan fingerprint density at radius 2 is 1.79 bits per heavy atom. The molecule has 3 aromatic rings. The molecule has 6 nitrogen and oxygen atoms in total. The average molecular weight is 443 g/mol. The van der Waals surface area contributed by atoms with Crippen LogP contribution in [0.15, 0.2) is 69.6 Å². The topological polar surface area (TPSA) is 80.6 Å². The van der Waals surface area contributed by atoms with E-state index in [2.05, 4.69) is 26.6 Å². The van der Waals surface area contributed by atoms with Crippen molar-refractivity contribution in [1.29, 1.82) is 0 Å². The van der Waals surface area contributed by atoms with Crippen LogP contribution in [0.25, 0.3) is 0 Å². The van der Waals surface area contributed by atoms with Crippen molar-refractivity contribution in [2.24, 2.45) is 0 Å². The number of amides is 2. The van der Waals surface area contributed by atoms with Gasteiger partial charge in [0.05, 0.1) is 6.54 Å². The summed E-state index contributed by atoms with van der Waals surface area (Å²) in [5, 5.41) is 5.23. The van der Waals surface area contributed by atoms with Gasteiger partial charge in [0.1, 0.15) is 18.1 Å². The fraction of sp³-hybridized carbons (Fsp3) is 0.143. The maximum absolute atomic E-state index is 12.2. The summed E-state index contributed by atoms with van der Waals surface area (Å²) < 4.78 is 12.1. The van der Waals surface area contributed by atoms with Gasteiger partial charge >= 0.3 is 0 Å². The summed E-state index contributed by atoms with van der Waals surface area (Å²) in [5.41, 5.74) is 1.67. The van der Waals surface area contributed by atoms with E-state index in [0.29, 0.717) is 11.4 Å². The van der Waals surface area contributed by atoms with E-state index in [4.69, 9.17) is 9.15 Å². The number of halogens is 1. The van der Waals surface area contributed by atoms with Crippen molar-refractivity contribution in [2.45, 2.75) is 13.5 Å². The second-order valence-corrected chi connectivity index (χ2v) is 6.97. The molecule has 0 aliphatic rings. The first kappa shape index (κ1) is 19.7. The van der Waals surface area contributed by atoms with E-state index >= 15 is 0 Å². The highest BCUT2D eigenvalue weighted by atomic mass is 79.9. The van der Waals surface area contributed by atoms with Gasteiger partial charge in [-0.1, -0.05) is 34.1 Å². The third-order valence-corrected chi connectivity index (χ3v) is 4.42. The molecule has 0 atom stereocenters. The molecular weight excluding hydrogens is 424 g/mol. The zero-order chi connectivity index (χ0) is 19.9. The van der Waals surface area contributed by atoms with Crippen LogP contribution in [0.1, 0.15) is 21.9 Å². The van der Waals surface area contributed by atoms with Crippen molar-refractivity contribution in [3.8, 4) is 5.75 Å². The molecule has 0 bridgehead atoms. The van der Waals surface area contributed by atoms with Gasteiger partial charge in [0.2, 0.25) is 5.91 Å². The third-order valence-electron chi connectivity index (χ3n) is 3.89. The highest BCUT2D eigenvalue weighted by molar-refractivity contribution is 9.10. The van der Waals surface area contributed by atoms with Crippen LogP contribution in [0.2, 0.25) is 0 Å². The fourth-order valence-electron chi connectivity index (χ4n) is 2.43. The number of carbonyl (C=O) groups excluding carboxylic acids is 2. The summed E-state index contributed by atoms with van der Waals surface area (Å²) in [4.78, 5) is 24.1. The molecule has 0 unspecified atom stereocenters. The predicted molar refractivity (Wildman–Crippen MR) is 109 cm³/mol. The predicted octanol–water partition coefficient (Wildman–Crippen LogP) is 4.30. The minimum atomic E-state index is -0.465. The number of benzene rings is 2. The quantitative estimate of drug-likeness (QED) is 0.571. The van der Waals surface area contributed by atoms with E-state index in [0.717, 1.165) is 15.8 Å². The minimum absolute atomic E-state index is 0.125. The molecule has 2 aromatic carbocycles. The number of carbonyl (C=O) groups is 2. The molecule has 0 aliphatic heterocycles. The normalized spacial score (nSPS) is 10.4. The monoisotopic (exact) mass is 442 g/mol. The number of furan rings is 1. The zero-order valence-corrected chi connectivity index (χ0v) is 16.8. The zero-order valence-electron chi connectivity index (χ0n) is 15.2. The smallest absolute Gasteiger partial charge is 0.287 e. The van der Waals surface area contributed by atoms with Crippen molar-refractivity contribution < 1.29 is 18.7 Å². The average Bonchev–Trinajstić information content (AvgIpc) is 3.16. The lowest BCUT2D eigenvalue weighted by atomic mass is 10.2. The number of nitrogens with one attached hydrogen (secondary N) is 2. The van der Waals surface area contributed by atoms with Crippen molar-refractivity contribution in [3.63, 3.8) is 0 Å². The maximum Gasteiger partial charge on any atom is 0.287 e. The van der Waals surface area contributed by atoms with Gasteiger partial charge in [0, 0.05) is 10.2 Å². The van der Waals surface area contributed by atoms with Crippen molar-refractivity contribution in [1.82, 2.24) is 5.32 Å². The van der Waals surface area contributed by atoms with Gasteiger partial charge < -0.3 is 19.8 Å². The van der Waals surface area contributed by atoms with Crippen LogP contribution in [0, 0.1) is 6.92 Å². The lowest BCUT2D eigenvalue weighted by molar-refractivity contribution is -0.115. The SMILES string of the molecule is Cc1ccccc1OCc1ccc(C(=O)NCC(=O)Nc2ccc(Br)cc2)o1. The summed E-state index contributed by atoms with van der Waals surface area (Å²) in [6, 6.07) is 18.0. The van der Waals surface area contributed by atoms with E-state index in [1.54, 1.807) is 24.3 Å². The Morgan fingerprint density at radius 1 is 1.04 bits per heavy atom. The van der Waals surface area contributed by atoms with Gasteiger partial charge in [-0.15, -0.1) is 0 Å². The van der Waals surface area contributed by atoms with Gasteiger partial charge in [-0.25, -0.2) is 0 Å². The number of para-hydroxylation sites is 1. The van der Waals surface area contributed by atoms with E-state index in [1.165, 1.54) is 0 Å².